The van der Waals surface area contributed by atoms with Gasteiger partial charge in [0.1, 0.15) is 0 Å². The van der Waals surface area contributed by atoms with Crippen molar-refractivity contribution >= 4 is 23.5 Å². The summed E-state index contributed by atoms with van der Waals surface area (Å²) >= 11 is 6.07. The monoisotopic (exact) mass is 309 g/mol. The molecule has 1 amide bonds. The van der Waals surface area contributed by atoms with Crippen molar-refractivity contribution in [3.8, 4) is 0 Å². The number of benzene rings is 1. The van der Waals surface area contributed by atoms with E-state index in [-0.39, 0.29) is 23.8 Å². The van der Waals surface area contributed by atoms with E-state index < -0.39 is 0 Å². The van der Waals surface area contributed by atoms with Crippen molar-refractivity contribution < 1.29 is 14.3 Å². The zero-order valence-electron chi connectivity index (χ0n) is 12.1. The van der Waals surface area contributed by atoms with Crippen LogP contribution < -0.4 is 5.32 Å². The third-order valence-electron chi connectivity index (χ3n) is 3.95. The number of methoxy groups -OCH3 is 1. The first-order valence-corrected chi connectivity index (χ1v) is 7.60. The van der Waals surface area contributed by atoms with Crippen LogP contribution in [0.25, 0.3) is 0 Å². The van der Waals surface area contributed by atoms with Crippen LogP contribution >= 0.6 is 11.6 Å². The summed E-state index contributed by atoms with van der Waals surface area (Å²) in [7, 11) is 1.39. The van der Waals surface area contributed by atoms with Gasteiger partial charge in [0.05, 0.1) is 13.0 Å². The van der Waals surface area contributed by atoms with Crippen LogP contribution in [0.3, 0.4) is 0 Å². The Hall–Kier alpha value is -1.55. The van der Waals surface area contributed by atoms with Crippen molar-refractivity contribution in [3.63, 3.8) is 0 Å². The molecule has 1 aromatic rings. The summed E-state index contributed by atoms with van der Waals surface area (Å²) in [5, 5.41) is 3.63. The maximum Gasteiger partial charge on any atom is 0.310 e. The Morgan fingerprint density at radius 1 is 1.33 bits per heavy atom. The number of carbonyl (C=O) groups excluding carboxylic acids is 2. The number of aryl methyl sites for hydroxylation is 1. The van der Waals surface area contributed by atoms with Crippen LogP contribution in [0, 0.1) is 5.92 Å². The molecule has 0 saturated heterocycles. The van der Waals surface area contributed by atoms with Crippen molar-refractivity contribution in [2.45, 2.75) is 38.1 Å². The van der Waals surface area contributed by atoms with Crippen molar-refractivity contribution in [1.82, 2.24) is 5.32 Å². The molecule has 1 aliphatic rings. The van der Waals surface area contributed by atoms with Crippen LogP contribution in [-0.2, 0) is 20.7 Å². The molecule has 1 saturated carbocycles. The van der Waals surface area contributed by atoms with E-state index in [4.69, 9.17) is 16.3 Å². The highest BCUT2D eigenvalue weighted by Crippen LogP contribution is 2.27. The molecule has 0 aliphatic heterocycles. The smallest absolute Gasteiger partial charge is 0.310 e. The molecule has 5 heteroatoms. The maximum atomic E-state index is 12.0. The Kier molecular flexibility index (Phi) is 5.62. The largest absolute Gasteiger partial charge is 0.469 e. The number of nitrogens with one attached hydrogen (secondary N) is 1. The first kappa shape index (κ1) is 15.8. The summed E-state index contributed by atoms with van der Waals surface area (Å²) in [5.41, 5.74) is 0.963. The second kappa shape index (κ2) is 7.46. The van der Waals surface area contributed by atoms with E-state index in [1.54, 1.807) is 0 Å². The van der Waals surface area contributed by atoms with Crippen LogP contribution in [0.5, 0.6) is 0 Å². The van der Waals surface area contributed by atoms with Gasteiger partial charge in [-0.25, -0.2) is 0 Å². The molecule has 1 aliphatic carbocycles. The van der Waals surface area contributed by atoms with Gasteiger partial charge in [0.2, 0.25) is 5.91 Å². The normalized spacial score (nSPS) is 21.0. The summed E-state index contributed by atoms with van der Waals surface area (Å²) in [5.74, 6) is -0.487. The van der Waals surface area contributed by atoms with Crippen molar-refractivity contribution in [2.75, 3.05) is 7.11 Å². The predicted molar refractivity (Wildman–Crippen MR) is 81.1 cm³/mol. The van der Waals surface area contributed by atoms with Gasteiger partial charge in [-0.2, -0.15) is 0 Å². The molecule has 0 unspecified atom stereocenters. The Morgan fingerprint density at radius 2 is 2.10 bits per heavy atom. The summed E-state index contributed by atoms with van der Waals surface area (Å²) in [6.45, 7) is 0. The van der Waals surface area contributed by atoms with E-state index in [2.05, 4.69) is 5.32 Å². The minimum atomic E-state index is -0.232. The van der Waals surface area contributed by atoms with Crippen LogP contribution in [0.1, 0.15) is 31.2 Å². The van der Waals surface area contributed by atoms with Crippen LogP contribution in [-0.4, -0.2) is 25.0 Å². The minimum absolute atomic E-state index is 0.0456. The molecule has 0 spiro atoms. The molecule has 0 aromatic heterocycles. The zero-order chi connectivity index (χ0) is 15.2. The van der Waals surface area contributed by atoms with Gasteiger partial charge in [-0.05, 0) is 30.9 Å². The average Bonchev–Trinajstić information content (AvgIpc) is 2.93. The summed E-state index contributed by atoms with van der Waals surface area (Å²) in [6.07, 6.45) is 3.52. The van der Waals surface area contributed by atoms with Gasteiger partial charge in [0, 0.05) is 17.5 Å². The molecule has 0 bridgehead atoms. The molecular weight excluding hydrogens is 290 g/mol. The summed E-state index contributed by atoms with van der Waals surface area (Å²) in [6, 6.07) is 7.41. The van der Waals surface area contributed by atoms with Crippen LogP contribution in [0.4, 0.5) is 0 Å². The molecule has 1 N–H and O–H groups in total. The predicted octanol–water partition coefficient (Wildman–Crippen LogP) is 2.73. The summed E-state index contributed by atoms with van der Waals surface area (Å²) in [4.78, 5) is 23.7. The average molecular weight is 310 g/mol. The lowest BCUT2D eigenvalue weighted by atomic mass is 10.0. The number of ether oxygens (including phenoxy) is 1. The molecule has 21 heavy (non-hydrogen) atoms. The van der Waals surface area contributed by atoms with Gasteiger partial charge in [-0.3, -0.25) is 9.59 Å². The minimum Gasteiger partial charge on any atom is -0.469 e. The highest BCUT2D eigenvalue weighted by atomic mass is 35.5. The second-order valence-corrected chi connectivity index (χ2v) is 5.73. The molecule has 0 heterocycles. The lowest BCUT2D eigenvalue weighted by Gasteiger charge is -2.19. The fourth-order valence-electron chi connectivity index (χ4n) is 2.79. The van der Waals surface area contributed by atoms with Crippen molar-refractivity contribution in [1.29, 1.82) is 0 Å². The van der Waals surface area contributed by atoms with Gasteiger partial charge in [-0.1, -0.05) is 36.2 Å². The third kappa shape index (κ3) is 4.21. The van der Waals surface area contributed by atoms with E-state index in [0.29, 0.717) is 17.9 Å². The Balaban J connectivity index is 1.84. The molecule has 2 rings (SSSR count). The third-order valence-corrected chi connectivity index (χ3v) is 4.31. The topological polar surface area (TPSA) is 55.4 Å². The number of carbonyl (C=O) groups is 2. The van der Waals surface area contributed by atoms with Gasteiger partial charge in [0.25, 0.3) is 0 Å². The SMILES string of the molecule is COC(=O)[C@H]1CCC[C@@H]1NC(=O)CCc1ccccc1Cl. The number of hydrogen-bond donors (Lipinski definition) is 1. The maximum absolute atomic E-state index is 12.0. The van der Waals surface area contributed by atoms with Gasteiger partial charge in [0.15, 0.2) is 0 Å². The molecule has 114 valence electrons. The first-order chi connectivity index (χ1) is 10.1. The number of hydrogen-bond acceptors (Lipinski definition) is 3. The van der Waals surface area contributed by atoms with Crippen LogP contribution in [0.2, 0.25) is 5.02 Å². The van der Waals surface area contributed by atoms with E-state index in [1.165, 1.54) is 7.11 Å². The molecule has 4 nitrogen and oxygen atoms in total. The first-order valence-electron chi connectivity index (χ1n) is 7.22. The van der Waals surface area contributed by atoms with Gasteiger partial charge in [-0.15, -0.1) is 0 Å². The highest BCUT2D eigenvalue weighted by Gasteiger charge is 2.34. The molecule has 1 aromatic carbocycles. The Bertz CT molecular complexity index is 518. The Morgan fingerprint density at radius 3 is 2.81 bits per heavy atom. The highest BCUT2D eigenvalue weighted by molar-refractivity contribution is 6.31. The van der Waals surface area contributed by atoms with E-state index in [1.807, 2.05) is 24.3 Å². The van der Waals surface area contributed by atoms with Crippen LogP contribution in [0.15, 0.2) is 24.3 Å². The van der Waals surface area contributed by atoms with E-state index in [9.17, 15) is 9.59 Å². The van der Waals surface area contributed by atoms with Gasteiger partial charge >= 0.3 is 5.97 Å². The zero-order valence-corrected chi connectivity index (χ0v) is 12.9. The quantitative estimate of drug-likeness (QED) is 0.851. The lowest BCUT2D eigenvalue weighted by Crippen LogP contribution is -2.40. The Labute approximate surface area is 129 Å². The lowest BCUT2D eigenvalue weighted by molar-refractivity contribution is -0.146. The van der Waals surface area contributed by atoms with Crippen molar-refractivity contribution in [2.24, 2.45) is 5.92 Å². The second-order valence-electron chi connectivity index (χ2n) is 5.33. The molecule has 0 radical (unpaired) electrons. The van der Waals surface area contributed by atoms with Crippen molar-refractivity contribution in [3.05, 3.63) is 34.9 Å². The number of rotatable bonds is 5. The molecule has 1 fully saturated rings. The standard InChI is InChI=1S/C16H20ClNO3/c1-21-16(20)12-6-4-8-14(12)18-15(19)10-9-11-5-2-3-7-13(11)17/h2-3,5,7,12,14H,4,6,8-10H2,1H3,(H,18,19)/t12-,14-/m0/s1. The van der Waals surface area contributed by atoms with Gasteiger partial charge < -0.3 is 10.1 Å². The fourth-order valence-corrected chi connectivity index (χ4v) is 3.02. The number of esters is 1. The summed E-state index contributed by atoms with van der Waals surface area (Å²) < 4.78 is 4.78. The fraction of sp³-hybridized carbons (Fsp3) is 0.500. The van der Waals surface area contributed by atoms with E-state index in [0.717, 1.165) is 24.8 Å². The number of amides is 1. The number of halogens is 1. The van der Waals surface area contributed by atoms with E-state index >= 15 is 0 Å². The molecular formula is C16H20ClNO3. The molecule has 2 atom stereocenters.